The molecular formula is C13H20FNO. The molecule has 0 amide bonds. The van der Waals surface area contributed by atoms with Gasteiger partial charge in [-0.05, 0) is 18.4 Å². The van der Waals surface area contributed by atoms with Crippen LogP contribution >= 0.6 is 0 Å². The lowest BCUT2D eigenvalue weighted by molar-refractivity contribution is 0.250. The molecule has 90 valence electrons. The number of hydrogen-bond donors (Lipinski definition) is 1. The highest BCUT2D eigenvalue weighted by atomic mass is 19.1. The average Bonchev–Trinajstić information content (AvgIpc) is 2.27. The van der Waals surface area contributed by atoms with E-state index in [1.54, 1.807) is 12.1 Å². The van der Waals surface area contributed by atoms with Crippen LogP contribution < -0.4 is 10.5 Å². The van der Waals surface area contributed by atoms with Crippen LogP contribution in [0.25, 0.3) is 0 Å². The van der Waals surface area contributed by atoms with E-state index in [9.17, 15) is 4.39 Å². The lowest BCUT2D eigenvalue weighted by atomic mass is 10.1. The predicted molar refractivity (Wildman–Crippen MR) is 63.9 cm³/mol. The molecule has 0 saturated heterocycles. The molecule has 0 aromatic heterocycles. The summed E-state index contributed by atoms with van der Waals surface area (Å²) in [5.41, 5.74) is 5.90. The Kier molecular flexibility index (Phi) is 5.26. The van der Waals surface area contributed by atoms with Gasteiger partial charge in [0.1, 0.15) is 11.6 Å². The molecular weight excluding hydrogens is 205 g/mol. The van der Waals surface area contributed by atoms with E-state index in [1.807, 2.05) is 0 Å². The highest BCUT2D eigenvalue weighted by Gasteiger charge is 2.05. The second-order valence-corrected chi connectivity index (χ2v) is 4.16. The predicted octanol–water partition coefficient (Wildman–Crippen LogP) is 3.10. The van der Waals surface area contributed by atoms with E-state index in [0.717, 1.165) is 12.8 Å². The summed E-state index contributed by atoms with van der Waals surface area (Å²) in [7, 11) is 0. The molecule has 1 atom stereocenters. The third-order valence-corrected chi connectivity index (χ3v) is 2.56. The van der Waals surface area contributed by atoms with E-state index in [2.05, 4.69) is 13.8 Å². The summed E-state index contributed by atoms with van der Waals surface area (Å²) < 4.78 is 18.9. The number of benzene rings is 1. The molecule has 0 aliphatic heterocycles. The summed E-state index contributed by atoms with van der Waals surface area (Å²) in [6, 6.07) is 4.85. The van der Waals surface area contributed by atoms with Gasteiger partial charge in [-0.25, -0.2) is 4.39 Å². The molecule has 1 aromatic carbocycles. The number of ether oxygens (including phenoxy) is 1. The number of halogens is 1. The van der Waals surface area contributed by atoms with Crippen LogP contribution in [0.15, 0.2) is 18.2 Å². The highest BCUT2D eigenvalue weighted by Crippen LogP contribution is 2.17. The third kappa shape index (κ3) is 3.81. The van der Waals surface area contributed by atoms with Gasteiger partial charge in [0.2, 0.25) is 0 Å². The Balaban J connectivity index is 2.51. The molecule has 0 fully saturated rings. The Labute approximate surface area is 96.6 Å². The van der Waals surface area contributed by atoms with Crippen molar-refractivity contribution in [1.82, 2.24) is 0 Å². The Morgan fingerprint density at radius 2 is 2.19 bits per heavy atom. The topological polar surface area (TPSA) is 35.2 Å². The summed E-state index contributed by atoms with van der Waals surface area (Å²) >= 11 is 0. The van der Waals surface area contributed by atoms with Crippen molar-refractivity contribution in [3.05, 3.63) is 29.6 Å². The lowest BCUT2D eigenvalue weighted by Gasteiger charge is -2.12. The molecule has 3 heteroatoms. The Morgan fingerprint density at radius 3 is 2.75 bits per heavy atom. The average molecular weight is 225 g/mol. The van der Waals surface area contributed by atoms with Gasteiger partial charge in [-0.2, -0.15) is 0 Å². The molecule has 16 heavy (non-hydrogen) atoms. The summed E-state index contributed by atoms with van der Waals surface area (Å²) in [5.74, 6) is 0.794. The molecule has 0 aliphatic carbocycles. The van der Waals surface area contributed by atoms with E-state index in [1.165, 1.54) is 6.07 Å². The van der Waals surface area contributed by atoms with Crippen LogP contribution in [-0.4, -0.2) is 6.61 Å². The lowest BCUT2D eigenvalue weighted by Crippen LogP contribution is -2.08. The summed E-state index contributed by atoms with van der Waals surface area (Å²) in [4.78, 5) is 0. The maximum Gasteiger partial charge on any atom is 0.131 e. The second-order valence-electron chi connectivity index (χ2n) is 4.16. The van der Waals surface area contributed by atoms with Gasteiger partial charge in [0.25, 0.3) is 0 Å². The van der Waals surface area contributed by atoms with Gasteiger partial charge >= 0.3 is 0 Å². The molecule has 0 bridgehead atoms. The minimum Gasteiger partial charge on any atom is -0.493 e. The largest absolute Gasteiger partial charge is 0.493 e. The van der Waals surface area contributed by atoms with Crippen LogP contribution in [-0.2, 0) is 6.54 Å². The van der Waals surface area contributed by atoms with E-state index in [-0.39, 0.29) is 12.4 Å². The molecule has 1 unspecified atom stereocenters. The van der Waals surface area contributed by atoms with Crippen LogP contribution in [0.3, 0.4) is 0 Å². The second kappa shape index (κ2) is 6.48. The number of hydrogen-bond acceptors (Lipinski definition) is 2. The summed E-state index contributed by atoms with van der Waals surface area (Å²) in [5, 5.41) is 0. The van der Waals surface area contributed by atoms with Crippen LogP contribution in [0.4, 0.5) is 4.39 Å². The van der Waals surface area contributed by atoms with E-state index < -0.39 is 0 Å². The molecule has 0 radical (unpaired) electrons. The van der Waals surface area contributed by atoms with Crippen molar-refractivity contribution in [3.63, 3.8) is 0 Å². The SMILES string of the molecule is CCCC(C)COc1ccc(CN)c(F)c1. The van der Waals surface area contributed by atoms with E-state index in [0.29, 0.717) is 23.8 Å². The zero-order valence-electron chi connectivity index (χ0n) is 10.0. The molecule has 2 N–H and O–H groups in total. The fourth-order valence-electron chi connectivity index (χ4n) is 1.60. The number of rotatable bonds is 6. The Bertz CT molecular complexity index is 328. The van der Waals surface area contributed by atoms with Crippen LogP contribution in [0.5, 0.6) is 5.75 Å². The van der Waals surface area contributed by atoms with Crippen molar-refractivity contribution in [2.75, 3.05) is 6.61 Å². The van der Waals surface area contributed by atoms with Crippen molar-refractivity contribution in [2.45, 2.75) is 33.2 Å². The number of nitrogens with two attached hydrogens (primary N) is 1. The first-order chi connectivity index (χ1) is 7.67. The molecule has 2 nitrogen and oxygen atoms in total. The molecule has 1 aromatic rings. The van der Waals surface area contributed by atoms with Gasteiger partial charge in [0.15, 0.2) is 0 Å². The van der Waals surface area contributed by atoms with Crippen molar-refractivity contribution in [3.8, 4) is 5.75 Å². The maximum absolute atomic E-state index is 13.4. The molecule has 0 heterocycles. The van der Waals surface area contributed by atoms with E-state index in [4.69, 9.17) is 10.5 Å². The molecule has 0 spiro atoms. The highest BCUT2D eigenvalue weighted by molar-refractivity contribution is 5.28. The zero-order valence-corrected chi connectivity index (χ0v) is 10.0. The smallest absolute Gasteiger partial charge is 0.131 e. The van der Waals surface area contributed by atoms with Crippen molar-refractivity contribution < 1.29 is 9.13 Å². The summed E-state index contributed by atoms with van der Waals surface area (Å²) in [6.07, 6.45) is 2.27. The van der Waals surface area contributed by atoms with Crippen LogP contribution in [0, 0.1) is 11.7 Å². The van der Waals surface area contributed by atoms with Gasteiger partial charge in [0, 0.05) is 18.2 Å². The third-order valence-electron chi connectivity index (χ3n) is 2.56. The van der Waals surface area contributed by atoms with Gasteiger partial charge in [0.05, 0.1) is 6.61 Å². The fraction of sp³-hybridized carbons (Fsp3) is 0.538. The molecule has 0 aliphatic rings. The first kappa shape index (κ1) is 13.0. The summed E-state index contributed by atoms with van der Waals surface area (Å²) in [6.45, 7) is 5.13. The normalized spacial score (nSPS) is 12.5. The Morgan fingerprint density at radius 1 is 1.44 bits per heavy atom. The standard InChI is InChI=1S/C13H20FNO/c1-3-4-10(2)9-16-12-6-5-11(8-15)13(14)7-12/h5-7,10H,3-4,8-9,15H2,1-2H3. The van der Waals surface area contributed by atoms with Crippen molar-refractivity contribution in [2.24, 2.45) is 11.7 Å². The first-order valence-corrected chi connectivity index (χ1v) is 5.78. The van der Waals surface area contributed by atoms with Gasteiger partial charge in [-0.15, -0.1) is 0 Å². The van der Waals surface area contributed by atoms with E-state index >= 15 is 0 Å². The quantitative estimate of drug-likeness (QED) is 0.807. The zero-order chi connectivity index (χ0) is 12.0. The van der Waals surface area contributed by atoms with Gasteiger partial charge in [-0.1, -0.05) is 26.3 Å². The molecule has 1 rings (SSSR count). The van der Waals surface area contributed by atoms with Gasteiger partial charge < -0.3 is 10.5 Å². The minimum absolute atomic E-state index is 0.221. The van der Waals surface area contributed by atoms with Crippen molar-refractivity contribution >= 4 is 0 Å². The van der Waals surface area contributed by atoms with Crippen LogP contribution in [0.2, 0.25) is 0 Å². The monoisotopic (exact) mass is 225 g/mol. The maximum atomic E-state index is 13.4. The van der Waals surface area contributed by atoms with Crippen molar-refractivity contribution in [1.29, 1.82) is 0 Å². The first-order valence-electron chi connectivity index (χ1n) is 5.78. The Hall–Kier alpha value is -1.09. The molecule has 0 saturated carbocycles. The van der Waals surface area contributed by atoms with Gasteiger partial charge in [-0.3, -0.25) is 0 Å². The fourth-order valence-corrected chi connectivity index (χ4v) is 1.60. The minimum atomic E-state index is -0.289. The van der Waals surface area contributed by atoms with Crippen LogP contribution in [0.1, 0.15) is 32.3 Å².